The molecule has 0 aliphatic heterocycles. The van der Waals surface area contributed by atoms with Gasteiger partial charge < -0.3 is 4.74 Å². The fraction of sp³-hybridized carbons (Fsp3) is 0.857. The number of halogens is 1. The molecule has 0 heterocycles. The van der Waals surface area contributed by atoms with E-state index < -0.39 is 15.3 Å². The fourth-order valence-corrected chi connectivity index (χ4v) is 1.89. The lowest BCUT2D eigenvalue weighted by Gasteiger charge is -2.21. The Labute approximate surface area is 87.3 Å². The van der Waals surface area contributed by atoms with Crippen LogP contribution in [0.1, 0.15) is 32.1 Å². The van der Waals surface area contributed by atoms with Crippen LogP contribution < -0.4 is 4.72 Å². The summed E-state index contributed by atoms with van der Waals surface area (Å²) in [5, 5.41) is 0. The number of hydrogen-bond donors (Lipinski definition) is 1. The van der Waals surface area contributed by atoms with Gasteiger partial charge in [0.1, 0.15) is 6.10 Å². The Morgan fingerprint density at radius 3 is 2.36 bits per heavy atom. The van der Waals surface area contributed by atoms with Gasteiger partial charge >= 0.3 is 15.3 Å². The standard InChI is InChI=1S/C7H12ClNO4S/c8-14(11,12)9-7(10)13-6-4-2-1-3-5-6/h6H,1-5H2,(H,9,10). The topological polar surface area (TPSA) is 72.5 Å². The first-order valence-electron chi connectivity index (χ1n) is 4.40. The van der Waals surface area contributed by atoms with Crippen LogP contribution in [0.4, 0.5) is 4.79 Å². The van der Waals surface area contributed by atoms with Crippen molar-refractivity contribution in [2.24, 2.45) is 0 Å². The van der Waals surface area contributed by atoms with E-state index in [9.17, 15) is 13.2 Å². The van der Waals surface area contributed by atoms with E-state index in [-0.39, 0.29) is 6.10 Å². The van der Waals surface area contributed by atoms with Crippen molar-refractivity contribution in [1.29, 1.82) is 0 Å². The van der Waals surface area contributed by atoms with Gasteiger partial charge in [0.05, 0.1) is 0 Å². The molecule has 1 fully saturated rings. The first-order valence-corrected chi connectivity index (χ1v) is 6.71. The van der Waals surface area contributed by atoms with E-state index in [0.717, 1.165) is 32.1 Å². The number of rotatable bonds is 2. The Bertz CT molecular complexity index is 297. The van der Waals surface area contributed by atoms with Crippen molar-refractivity contribution in [3.8, 4) is 0 Å². The molecule has 82 valence electrons. The molecule has 0 saturated heterocycles. The number of ether oxygens (including phenoxy) is 1. The van der Waals surface area contributed by atoms with Crippen LogP contribution in [0, 0.1) is 0 Å². The third-order valence-electron chi connectivity index (χ3n) is 2.03. The van der Waals surface area contributed by atoms with Crippen LogP contribution in [-0.2, 0) is 14.0 Å². The summed E-state index contributed by atoms with van der Waals surface area (Å²) in [6.07, 6.45) is 3.55. The molecule has 0 unspecified atom stereocenters. The number of hydrogen-bond acceptors (Lipinski definition) is 4. The van der Waals surface area contributed by atoms with E-state index in [4.69, 9.17) is 15.4 Å². The highest BCUT2D eigenvalue weighted by Crippen LogP contribution is 2.20. The maximum absolute atomic E-state index is 10.9. The van der Waals surface area contributed by atoms with Gasteiger partial charge in [-0.15, -0.1) is 0 Å². The van der Waals surface area contributed by atoms with Crippen LogP contribution in [0.3, 0.4) is 0 Å². The highest BCUT2D eigenvalue weighted by Gasteiger charge is 2.19. The third-order valence-corrected chi connectivity index (χ3v) is 2.67. The Morgan fingerprint density at radius 1 is 1.29 bits per heavy atom. The predicted molar refractivity (Wildman–Crippen MR) is 51.3 cm³/mol. The molecule has 1 aliphatic carbocycles. The van der Waals surface area contributed by atoms with Gasteiger partial charge in [-0.25, -0.2) is 9.52 Å². The van der Waals surface area contributed by atoms with E-state index in [0.29, 0.717) is 0 Å². The summed E-state index contributed by atoms with van der Waals surface area (Å²) in [6, 6.07) is 0. The molecule has 7 heteroatoms. The van der Waals surface area contributed by atoms with Crippen molar-refractivity contribution < 1.29 is 17.9 Å². The van der Waals surface area contributed by atoms with Crippen molar-refractivity contribution in [2.45, 2.75) is 38.2 Å². The molecule has 0 aromatic rings. The molecule has 0 aromatic carbocycles. The van der Waals surface area contributed by atoms with Gasteiger partial charge in [-0.05, 0) is 25.7 Å². The first kappa shape index (κ1) is 11.6. The van der Waals surface area contributed by atoms with Crippen molar-refractivity contribution in [3.63, 3.8) is 0 Å². The van der Waals surface area contributed by atoms with Gasteiger partial charge in [0, 0.05) is 10.7 Å². The Balaban J connectivity index is 2.32. The molecular formula is C7H12ClNO4S. The molecule has 1 rings (SSSR count). The van der Waals surface area contributed by atoms with Crippen molar-refractivity contribution >= 4 is 26.0 Å². The van der Waals surface area contributed by atoms with Crippen molar-refractivity contribution in [3.05, 3.63) is 0 Å². The highest BCUT2D eigenvalue weighted by atomic mass is 35.7. The lowest BCUT2D eigenvalue weighted by molar-refractivity contribution is 0.0799. The molecule has 0 atom stereocenters. The smallest absolute Gasteiger partial charge is 0.422 e. The number of carbonyl (C=O) groups excluding carboxylic acids is 1. The van der Waals surface area contributed by atoms with Crippen LogP contribution in [0.25, 0.3) is 0 Å². The number of nitrogens with one attached hydrogen (secondary N) is 1. The summed E-state index contributed by atoms with van der Waals surface area (Å²) >= 11 is 0. The van der Waals surface area contributed by atoms with Gasteiger partial charge in [-0.3, -0.25) is 0 Å². The number of carbonyl (C=O) groups is 1. The molecule has 1 aliphatic rings. The maximum atomic E-state index is 10.9. The lowest BCUT2D eigenvalue weighted by atomic mass is 9.98. The molecule has 0 spiro atoms. The molecule has 14 heavy (non-hydrogen) atoms. The summed E-state index contributed by atoms with van der Waals surface area (Å²) in [6.45, 7) is 0. The van der Waals surface area contributed by atoms with Gasteiger partial charge in [0.25, 0.3) is 0 Å². The average Bonchev–Trinajstić information content (AvgIpc) is 2.02. The molecule has 0 radical (unpaired) electrons. The average molecular weight is 242 g/mol. The van der Waals surface area contributed by atoms with Crippen molar-refractivity contribution in [2.75, 3.05) is 0 Å². The maximum Gasteiger partial charge on any atom is 0.422 e. The highest BCUT2D eigenvalue weighted by molar-refractivity contribution is 8.12. The minimum atomic E-state index is -4.03. The third kappa shape index (κ3) is 4.66. The quantitative estimate of drug-likeness (QED) is 0.744. The summed E-state index contributed by atoms with van der Waals surface area (Å²) < 4.78 is 27.3. The van der Waals surface area contributed by atoms with Gasteiger partial charge in [-0.2, -0.15) is 8.42 Å². The molecule has 5 nitrogen and oxygen atoms in total. The van der Waals surface area contributed by atoms with Crippen LogP contribution in [0.2, 0.25) is 0 Å². The Hall–Kier alpha value is -0.490. The van der Waals surface area contributed by atoms with Crippen LogP contribution in [-0.4, -0.2) is 20.6 Å². The molecular weight excluding hydrogens is 230 g/mol. The second kappa shape index (κ2) is 4.84. The Kier molecular flexibility index (Phi) is 4.00. The van der Waals surface area contributed by atoms with Crippen LogP contribution in [0.5, 0.6) is 0 Å². The SMILES string of the molecule is O=C(NS(=O)(=O)Cl)OC1CCCCC1. The zero-order valence-electron chi connectivity index (χ0n) is 7.53. The molecule has 0 aromatic heterocycles. The van der Waals surface area contributed by atoms with E-state index in [1.165, 1.54) is 0 Å². The summed E-state index contributed by atoms with van der Waals surface area (Å²) in [4.78, 5) is 10.9. The first-order chi connectivity index (χ1) is 6.47. The minimum absolute atomic E-state index is 0.179. The summed E-state index contributed by atoms with van der Waals surface area (Å²) in [5.41, 5.74) is 0. The van der Waals surface area contributed by atoms with E-state index >= 15 is 0 Å². The second-order valence-electron chi connectivity index (χ2n) is 3.21. The van der Waals surface area contributed by atoms with Crippen molar-refractivity contribution in [1.82, 2.24) is 4.72 Å². The lowest BCUT2D eigenvalue weighted by Crippen LogP contribution is -2.31. The van der Waals surface area contributed by atoms with E-state index in [1.807, 2.05) is 0 Å². The fourth-order valence-electron chi connectivity index (χ4n) is 1.46. The minimum Gasteiger partial charge on any atom is -0.446 e. The number of amides is 1. The second-order valence-corrected chi connectivity index (χ2v) is 5.50. The molecule has 0 bridgehead atoms. The molecule has 1 amide bonds. The zero-order chi connectivity index (χ0) is 10.6. The van der Waals surface area contributed by atoms with Gasteiger partial charge in [0.15, 0.2) is 0 Å². The Morgan fingerprint density at radius 2 is 1.86 bits per heavy atom. The molecule has 1 N–H and O–H groups in total. The van der Waals surface area contributed by atoms with E-state index in [1.54, 1.807) is 4.72 Å². The normalized spacial score (nSPS) is 18.9. The predicted octanol–water partition coefficient (Wildman–Crippen LogP) is 1.53. The largest absolute Gasteiger partial charge is 0.446 e. The molecule has 1 saturated carbocycles. The van der Waals surface area contributed by atoms with Crippen LogP contribution in [0.15, 0.2) is 0 Å². The van der Waals surface area contributed by atoms with Crippen LogP contribution >= 0.6 is 10.7 Å². The van der Waals surface area contributed by atoms with E-state index in [2.05, 4.69) is 0 Å². The summed E-state index contributed by atoms with van der Waals surface area (Å²) in [5.74, 6) is 0. The van der Waals surface area contributed by atoms with Gasteiger partial charge in [0.2, 0.25) is 0 Å². The zero-order valence-corrected chi connectivity index (χ0v) is 9.10. The monoisotopic (exact) mass is 241 g/mol. The van der Waals surface area contributed by atoms with Gasteiger partial charge in [-0.1, -0.05) is 6.42 Å². The summed E-state index contributed by atoms with van der Waals surface area (Å²) in [7, 11) is 0.780.